The first-order chi connectivity index (χ1) is 17.9. The van der Waals surface area contributed by atoms with Crippen LogP contribution >= 0.6 is 22.9 Å². The van der Waals surface area contributed by atoms with Gasteiger partial charge in [0, 0.05) is 55.6 Å². The van der Waals surface area contributed by atoms with E-state index in [9.17, 15) is 14.7 Å². The molecule has 1 atom stereocenters. The van der Waals surface area contributed by atoms with Crippen LogP contribution in [-0.2, 0) is 35.4 Å². The summed E-state index contributed by atoms with van der Waals surface area (Å²) in [6, 6.07) is 15.8. The van der Waals surface area contributed by atoms with Crippen molar-refractivity contribution >= 4 is 40.3 Å². The number of likely N-dealkylation sites (tertiary alicyclic amines) is 1. The average molecular weight is 539 g/mol. The number of benzene rings is 2. The van der Waals surface area contributed by atoms with Gasteiger partial charge in [-0.15, -0.1) is 21.5 Å². The number of rotatable bonds is 9. The number of nitrogens with zero attached hydrogens (tertiary/aromatic N) is 4. The van der Waals surface area contributed by atoms with Crippen LogP contribution in [0.15, 0.2) is 48.5 Å². The number of anilines is 1. The number of aryl methyl sites for hydroxylation is 2. The minimum absolute atomic E-state index is 0.0166. The molecule has 7 nitrogen and oxygen atoms in total. The molecule has 2 fully saturated rings. The highest BCUT2D eigenvalue weighted by molar-refractivity contribution is 7.11. The first-order valence-electron chi connectivity index (χ1n) is 12.8. The van der Waals surface area contributed by atoms with Crippen molar-refractivity contribution in [2.45, 2.75) is 51.2 Å². The highest BCUT2D eigenvalue weighted by Crippen LogP contribution is 2.28. The molecular formula is C28H31ClN4O3S. The molecule has 0 aliphatic carbocycles. The van der Waals surface area contributed by atoms with Crippen molar-refractivity contribution in [2.75, 3.05) is 24.5 Å². The number of hydrogen-bond donors (Lipinski definition) is 1. The van der Waals surface area contributed by atoms with Crippen LogP contribution in [0.25, 0.3) is 0 Å². The monoisotopic (exact) mass is 538 g/mol. The standard InChI is InChI=1S/C28H31ClN4O3S/c29-22-6-1-19(2-7-22)5-10-26-30-31-27(37-26)16-25(35)21-15-28(36)33(18-21)23-8-3-20(4-9-23)17-32-13-11-24(34)12-14-32/h1-4,6-9,21,24,34H,5,10-18H2. The number of ketones is 1. The number of carbonyl (C=O) groups is 2. The summed E-state index contributed by atoms with van der Waals surface area (Å²) in [5, 5.41) is 20.5. The van der Waals surface area contributed by atoms with E-state index in [-0.39, 0.29) is 36.6 Å². The molecule has 0 spiro atoms. The zero-order chi connectivity index (χ0) is 25.8. The quantitative estimate of drug-likeness (QED) is 0.441. The number of hydrogen-bond acceptors (Lipinski definition) is 7. The molecule has 2 aliphatic heterocycles. The number of aliphatic hydroxyl groups excluding tert-OH is 1. The van der Waals surface area contributed by atoms with Gasteiger partial charge in [0.25, 0.3) is 0 Å². The van der Waals surface area contributed by atoms with E-state index < -0.39 is 0 Å². The number of piperidine rings is 1. The number of Topliss-reactive ketones (excluding diaryl/α,β-unsaturated/α-hetero) is 1. The zero-order valence-electron chi connectivity index (χ0n) is 20.7. The molecule has 1 amide bonds. The third kappa shape index (κ3) is 6.82. The Morgan fingerprint density at radius 2 is 1.65 bits per heavy atom. The Bertz CT molecular complexity index is 1220. The molecule has 9 heteroatoms. The summed E-state index contributed by atoms with van der Waals surface area (Å²) >= 11 is 7.42. The van der Waals surface area contributed by atoms with Crippen molar-refractivity contribution in [1.29, 1.82) is 0 Å². The van der Waals surface area contributed by atoms with E-state index in [0.29, 0.717) is 11.6 Å². The van der Waals surface area contributed by atoms with Crippen LogP contribution in [0.3, 0.4) is 0 Å². The maximum absolute atomic E-state index is 13.0. The van der Waals surface area contributed by atoms with Gasteiger partial charge in [0.05, 0.1) is 12.5 Å². The van der Waals surface area contributed by atoms with Crippen LogP contribution in [0.1, 0.15) is 40.4 Å². The lowest BCUT2D eigenvalue weighted by molar-refractivity contribution is -0.124. The SMILES string of the molecule is O=C(Cc1nnc(CCc2ccc(Cl)cc2)s1)C1CC(=O)N(c2ccc(CN3CCC(O)CC3)cc2)C1. The molecule has 2 saturated heterocycles. The first kappa shape index (κ1) is 26.0. The highest BCUT2D eigenvalue weighted by Gasteiger charge is 2.35. The maximum atomic E-state index is 13.0. The Morgan fingerprint density at radius 3 is 2.38 bits per heavy atom. The predicted molar refractivity (Wildman–Crippen MR) is 145 cm³/mol. The van der Waals surface area contributed by atoms with Gasteiger partial charge < -0.3 is 10.0 Å². The molecule has 0 bridgehead atoms. The molecule has 2 aliphatic rings. The maximum Gasteiger partial charge on any atom is 0.227 e. The molecule has 3 heterocycles. The van der Waals surface area contributed by atoms with Crippen LogP contribution in [-0.4, -0.2) is 57.6 Å². The Labute approximate surface area is 226 Å². The normalized spacial score (nSPS) is 19.0. The Morgan fingerprint density at radius 1 is 0.973 bits per heavy atom. The van der Waals surface area contributed by atoms with E-state index >= 15 is 0 Å². The second-order valence-corrected chi connectivity index (χ2v) is 11.5. The van der Waals surface area contributed by atoms with Crippen molar-refractivity contribution in [2.24, 2.45) is 5.92 Å². The van der Waals surface area contributed by atoms with E-state index in [1.54, 1.807) is 4.90 Å². The molecule has 2 aromatic carbocycles. The third-order valence-corrected chi connectivity index (χ3v) is 8.40. The molecule has 194 valence electrons. The number of aliphatic hydroxyl groups is 1. The molecule has 1 N–H and O–H groups in total. The van der Waals surface area contributed by atoms with Gasteiger partial charge in [0.2, 0.25) is 5.91 Å². The minimum atomic E-state index is -0.326. The molecule has 5 rings (SSSR count). The number of amides is 1. The van der Waals surface area contributed by atoms with Gasteiger partial charge in [-0.2, -0.15) is 0 Å². The third-order valence-electron chi connectivity index (χ3n) is 7.17. The second-order valence-electron chi connectivity index (χ2n) is 9.94. The molecular weight excluding hydrogens is 508 g/mol. The molecule has 3 aromatic rings. The fourth-order valence-corrected chi connectivity index (χ4v) is 5.93. The lowest BCUT2D eigenvalue weighted by Gasteiger charge is -2.29. The summed E-state index contributed by atoms with van der Waals surface area (Å²) in [7, 11) is 0. The van der Waals surface area contributed by atoms with Gasteiger partial charge in [0.1, 0.15) is 15.8 Å². The minimum Gasteiger partial charge on any atom is -0.393 e. The summed E-state index contributed by atoms with van der Waals surface area (Å²) in [5.74, 6) is -0.300. The van der Waals surface area contributed by atoms with E-state index in [1.165, 1.54) is 22.5 Å². The molecule has 0 radical (unpaired) electrons. The lowest BCUT2D eigenvalue weighted by Crippen LogP contribution is -2.35. The summed E-state index contributed by atoms with van der Waals surface area (Å²) in [6.07, 6.45) is 3.51. The van der Waals surface area contributed by atoms with Crippen LogP contribution in [0.2, 0.25) is 5.02 Å². The van der Waals surface area contributed by atoms with Crippen molar-refractivity contribution in [3.63, 3.8) is 0 Å². The zero-order valence-corrected chi connectivity index (χ0v) is 22.3. The Kier molecular flexibility index (Phi) is 8.30. The lowest BCUT2D eigenvalue weighted by atomic mass is 10.0. The van der Waals surface area contributed by atoms with E-state index in [2.05, 4.69) is 27.2 Å². The topological polar surface area (TPSA) is 86.6 Å². The van der Waals surface area contributed by atoms with Crippen LogP contribution in [0.5, 0.6) is 0 Å². The van der Waals surface area contributed by atoms with Crippen molar-refractivity contribution < 1.29 is 14.7 Å². The first-order valence-corrected chi connectivity index (χ1v) is 14.0. The predicted octanol–water partition coefficient (Wildman–Crippen LogP) is 4.10. The fraction of sp³-hybridized carbons (Fsp3) is 0.429. The van der Waals surface area contributed by atoms with Gasteiger partial charge in [-0.1, -0.05) is 35.9 Å². The highest BCUT2D eigenvalue weighted by atomic mass is 35.5. The van der Waals surface area contributed by atoms with Gasteiger partial charge in [-0.25, -0.2) is 0 Å². The number of aromatic nitrogens is 2. The molecule has 1 unspecified atom stereocenters. The Hall–Kier alpha value is -2.65. The van der Waals surface area contributed by atoms with E-state index in [1.807, 2.05) is 36.4 Å². The summed E-state index contributed by atoms with van der Waals surface area (Å²) in [5.41, 5.74) is 3.20. The van der Waals surface area contributed by atoms with Crippen LogP contribution in [0, 0.1) is 5.92 Å². The van der Waals surface area contributed by atoms with Crippen molar-refractivity contribution in [1.82, 2.24) is 15.1 Å². The van der Waals surface area contributed by atoms with Gasteiger partial charge in [-0.3, -0.25) is 14.5 Å². The average Bonchev–Trinajstić information content (AvgIpc) is 3.52. The summed E-state index contributed by atoms with van der Waals surface area (Å²) in [4.78, 5) is 29.8. The largest absolute Gasteiger partial charge is 0.393 e. The van der Waals surface area contributed by atoms with Crippen LogP contribution in [0.4, 0.5) is 5.69 Å². The smallest absolute Gasteiger partial charge is 0.227 e. The van der Waals surface area contributed by atoms with Gasteiger partial charge in [-0.05, 0) is 54.7 Å². The number of halogens is 1. The van der Waals surface area contributed by atoms with Crippen molar-refractivity contribution in [3.8, 4) is 0 Å². The fourth-order valence-electron chi connectivity index (χ4n) is 4.95. The molecule has 37 heavy (non-hydrogen) atoms. The van der Waals surface area contributed by atoms with E-state index in [0.717, 1.165) is 61.0 Å². The molecule has 1 aromatic heterocycles. The Balaban J connectivity index is 1.12. The summed E-state index contributed by atoms with van der Waals surface area (Å²) in [6.45, 7) is 3.04. The van der Waals surface area contributed by atoms with Crippen LogP contribution < -0.4 is 4.90 Å². The van der Waals surface area contributed by atoms with Crippen molar-refractivity contribution in [3.05, 3.63) is 74.7 Å². The summed E-state index contributed by atoms with van der Waals surface area (Å²) < 4.78 is 0. The second kappa shape index (κ2) is 11.8. The van der Waals surface area contributed by atoms with E-state index in [4.69, 9.17) is 11.6 Å². The number of carbonyl (C=O) groups excluding carboxylic acids is 2. The van der Waals surface area contributed by atoms with Gasteiger partial charge >= 0.3 is 0 Å². The van der Waals surface area contributed by atoms with Gasteiger partial charge in [0.15, 0.2) is 0 Å². The molecule has 0 saturated carbocycles.